The Balaban J connectivity index is 3.02. The van der Waals surface area contributed by atoms with Crippen molar-refractivity contribution >= 4 is 11.9 Å². The van der Waals surface area contributed by atoms with Gasteiger partial charge in [0.1, 0.15) is 11.6 Å². The van der Waals surface area contributed by atoms with Crippen LogP contribution < -0.4 is 5.32 Å². The summed E-state index contributed by atoms with van der Waals surface area (Å²) in [6.45, 7) is 1.19. The average molecular weight is 243 g/mol. The summed E-state index contributed by atoms with van der Waals surface area (Å²) >= 11 is 0. The average Bonchev–Trinajstić information content (AvgIpc) is 2.14. The second-order valence-corrected chi connectivity index (χ2v) is 3.52. The Hall–Kier alpha value is -1.98. The molecule has 1 atom stereocenters. The molecule has 6 heteroatoms. The molecule has 0 aliphatic heterocycles. The number of carbonyl (C=O) groups is 2. The third-order valence-corrected chi connectivity index (χ3v) is 2.09. The molecule has 0 aromatic heterocycles. The Labute approximate surface area is 96.3 Å². The fourth-order valence-electron chi connectivity index (χ4n) is 1.44. The minimum Gasteiger partial charge on any atom is -0.481 e. The molecule has 0 heterocycles. The van der Waals surface area contributed by atoms with Crippen LogP contribution in [0.4, 0.5) is 8.78 Å². The smallest absolute Gasteiger partial charge is 0.305 e. The van der Waals surface area contributed by atoms with Gasteiger partial charge < -0.3 is 10.4 Å². The van der Waals surface area contributed by atoms with Gasteiger partial charge in [0.25, 0.3) is 0 Å². The van der Waals surface area contributed by atoms with Gasteiger partial charge in [-0.05, 0) is 6.07 Å². The molecule has 1 unspecified atom stereocenters. The summed E-state index contributed by atoms with van der Waals surface area (Å²) in [6.07, 6.45) is -0.470. The predicted molar refractivity (Wildman–Crippen MR) is 55.2 cm³/mol. The van der Waals surface area contributed by atoms with Crippen molar-refractivity contribution in [2.45, 2.75) is 19.4 Å². The number of aliphatic carboxylic acids is 1. The molecular formula is C11H11F2NO3. The number of hydrogen-bond acceptors (Lipinski definition) is 2. The van der Waals surface area contributed by atoms with E-state index in [-0.39, 0.29) is 5.56 Å². The zero-order chi connectivity index (χ0) is 13.0. The lowest BCUT2D eigenvalue weighted by Gasteiger charge is -2.16. The third kappa shape index (κ3) is 3.82. The second-order valence-electron chi connectivity index (χ2n) is 3.52. The molecule has 1 rings (SSSR count). The van der Waals surface area contributed by atoms with Crippen molar-refractivity contribution in [3.05, 3.63) is 35.4 Å². The lowest BCUT2D eigenvalue weighted by atomic mass is 10.0. The Kier molecular flexibility index (Phi) is 4.14. The molecule has 0 saturated heterocycles. The molecule has 4 nitrogen and oxygen atoms in total. The minimum absolute atomic E-state index is 0.0519. The fourth-order valence-corrected chi connectivity index (χ4v) is 1.44. The predicted octanol–water partition coefficient (Wildman–Crippen LogP) is 1.62. The lowest BCUT2D eigenvalue weighted by Crippen LogP contribution is -2.28. The van der Waals surface area contributed by atoms with Gasteiger partial charge in [-0.15, -0.1) is 0 Å². The van der Waals surface area contributed by atoms with Crippen LogP contribution in [0.2, 0.25) is 0 Å². The largest absolute Gasteiger partial charge is 0.481 e. The molecular weight excluding hydrogens is 232 g/mol. The van der Waals surface area contributed by atoms with Crippen molar-refractivity contribution in [3.63, 3.8) is 0 Å². The number of rotatable bonds is 4. The van der Waals surface area contributed by atoms with Gasteiger partial charge in [0.05, 0.1) is 12.5 Å². The summed E-state index contributed by atoms with van der Waals surface area (Å²) in [4.78, 5) is 21.5. The molecule has 2 N–H and O–H groups in total. The Morgan fingerprint density at radius 1 is 1.41 bits per heavy atom. The first-order chi connectivity index (χ1) is 7.90. The van der Waals surface area contributed by atoms with E-state index < -0.39 is 36.0 Å². The van der Waals surface area contributed by atoms with E-state index in [1.807, 2.05) is 0 Å². The van der Waals surface area contributed by atoms with E-state index in [9.17, 15) is 18.4 Å². The Morgan fingerprint density at radius 2 is 2.06 bits per heavy atom. The zero-order valence-electron chi connectivity index (χ0n) is 9.04. The molecule has 0 saturated carbocycles. The van der Waals surface area contributed by atoms with Gasteiger partial charge in [0.15, 0.2) is 0 Å². The van der Waals surface area contributed by atoms with Gasteiger partial charge in [-0.3, -0.25) is 9.59 Å². The summed E-state index contributed by atoms with van der Waals surface area (Å²) in [5.74, 6) is -3.32. The number of halogens is 2. The van der Waals surface area contributed by atoms with Crippen LogP contribution in [0.5, 0.6) is 0 Å². The Bertz CT molecular complexity index is 432. The van der Waals surface area contributed by atoms with E-state index in [0.717, 1.165) is 12.1 Å². The highest BCUT2D eigenvalue weighted by Crippen LogP contribution is 2.21. The minimum atomic E-state index is -1.19. The van der Waals surface area contributed by atoms with E-state index in [1.54, 1.807) is 0 Å². The monoisotopic (exact) mass is 243 g/mol. The fraction of sp³-hybridized carbons (Fsp3) is 0.273. The molecule has 0 aliphatic carbocycles. The van der Waals surface area contributed by atoms with Gasteiger partial charge in [0.2, 0.25) is 5.91 Å². The normalized spacial score (nSPS) is 11.9. The first-order valence-electron chi connectivity index (χ1n) is 4.84. The van der Waals surface area contributed by atoms with E-state index in [4.69, 9.17) is 5.11 Å². The number of nitrogens with one attached hydrogen (secondary N) is 1. The van der Waals surface area contributed by atoms with Crippen LogP contribution >= 0.6 is 0 Å². The van der Waals surface area contributed by atoms with Crippen molar-refractivity contribution in [2.24, 2.45) is 0 Å². The Morgan fingerprint density at radius 3 is 2.53 bits per heavy atom. The molecule has 1 aromatic rings. The van der Waals surface area contributed by atoms with Crippen LogP contribution in [0.25, 0.3) is 0 Å². The van der Waals surface area contributed by atoms with Crippen molar-refractivity contribution in [1.82, 2.24) is 5.32 Å². The molecule has 17 heavy (non-hydrogen) atoms. The highest BCUT2D eigenvalue weighted by atomic mass is 19.1. The first kappa shape index (κ1) is 13.1. The van der Waals surface area contributed by atoms with E-state index in [1.165, 1.54) is 6.92 Å². The third-order valence-electron chi connectivity index (χ3n) is 2.09. The molecule has 0 radical (unpaired) electrons. The van der Waals surface area contributed by atoms with Gasteiger partial charge in [0, 0.05) is 18.6 Å². The maximum Gasteiger partial charge on any atom is 0.305 e. The van der Waals surface area contributed by atoms with Crippen molar-refractivity contribution in [2.75, 3.05) is 0 Å². The van der Waals surface area contributed by atoms with Crippen molar-refractivity contribution < 1.29 is 23.5 Å². The van der Waals surface area contributed by atoms with Gasteiger partial charge >= 0.3 is 5.97 Å². The molecule has 0 fully saturated rings. The molecule has 0 spiro atoms. The summed E-state index contributed by atoms with van der Waals surface area (Å²) < 4.78 is 26.1. The molecule has 1 aromatic carbocycles. The van der Waals surface area contributed by atoms with Crippen molar-refractivity contribution in [1.29, 1.82) is 0 Å². The summed E-state index contributed by atoms with van der Waals surface area (Å²) in [5.41, 5.74) is -0.0519. The summed E-state index contributed by atoms with van der Waals surface area (Å²) in [6, 6.07) is 1.76. The molecule has 1 amide bonds. The number of carboxylic acid groups (broad SMARTS) is 1. The van der Waals surface area contributed by atoms with Crippen LogP contribution in [-0.2, 0) is 9.59 Å². The zero-order valence-corrected chi connectivity index (χ0v) is 9.04. The van der Waals surface area contributed by atoms with E-state index in [2.05, 4.69) is 5.32 Å². The number of benzene rings is 1. The highest BCUT2D eigenvalue weighted by molar-refractivity contribution is 5.75. The number of carbonyl (C=O) groups excluding carboxylic acids is 1. The lowest BCUT2D eigenvalue weighted by molar-refractivity contribution is -0.137. The number of carboxylic acids is 1. The molecule has 0 bridgehead atoms. The van der Waals surface area contributed by atoms with Crippen LogP contribution in [-0.4, -0.2) is 17.0 Å². The quantitative estimate of drug-likeness (QED) is 0.844. The van der Waals surface area contributed by atoms with Crippen molar-refractivity contribution in [3.8, 4) is 0 Å². The second kappa shape index (κ2) is 5.38. The number of amides is 1. The highest BCUT2D eigenvalue weighted by Gasteiger charge is 2.20. The summed E-state index contributed by atoms with van der Waals surface area (Å²) in [5, 5.41) is 11.0. The maximum absolute atomic E-state index is 13.4. The SMILES string of the molecule is CC(=O)NC(CC(=O)O)c1ccc(F)cc1F. The number of hydrogen-bond donors (Lipinski definition) is 2. The van der Waals surface area contributed by atoms with Crippen LogP contribution in [0.15, 0.2) is 18.2 Å². The van der Waals surface area contributed by atoms with Gasteiger partial charge in [-0.2, -0.15) is 0 Å². The van der Waals surface area contributed by atoms with Gasteiger partial charge in [-0.25, -0.2) is 8.78 Å². The molecule has 0 aliphatic rings. The maximum atomic E-state index is 13.4. The van der Waals surface area contributed by atoms with E-state index in [0.29, 0.717) is 6.07 Å². The van der Waals surface area contributed by atoms with Gasteiger partial charge in [-0.1, -0.05) is 6.07 Å². The summed E-state index contributed by atoms with van der Waals surface area (Å²) in [7, 11) is 0. The van der Waals surface area contributed by atoms with E-state index >= 15 is 0 Å². The van der Waals surface area contributed by atoms with Crippen LogP contribution in [0, 0.1) is 11.6 Å². The van der Waals surface area contributed by atoms with Crippen LogP contribution in [0.3, 0.4) is 0 Å². The standard InChI is InChI=1S/C11H11F2NO3/c1-6(15)14-10(5-11(16)17)8-3-2-7(12)4-9(8)13/h2-4,10H,5H2,1H3,(H,14,15)(H,16,17). The topological polar surface area (TPSA) is 66.4 Å². The molecule has 92 valence electrons. The first-order valence-corrected chi connectivity index (χ1v) is 4.84. The van der Waals surface area contributed by atoms with Crippen LogP contribution in [0.1, 0.15) is 24.9 Å².